The summed E-state index contributed by atoms with van der Waals surface area (Å²) in [7, 11) is 1.44. The van der Waals surface area contributed by atoms with E-state index < -0.39 is 22.7 Å². The van der Waals surface area contributed by atoms with E-state index >= 15 is 0 Å². The van der Waals surface area contributed by atoms with Crippen LogP contribution in [0.4, 0.5) is 5.69 Å². The first-order chi connectivity index (χ1) is 10.7. The van der Waals surface area contributed by atoms with Crippen LogP contribution in [0, 0.1) is 17.0 Å². The van der Waals surface area contributed by atoms with Crippen LogP contribution in [-0.2, 0) is 9.59 Å². The third-order valence-corrected chi connectivity index (χ3v) is 3.14. The van der Waals surface area contributed by atoms with Gasteiger partial charge in [0.05, 0.1) is 17.9 Å². The molecular weight excluding hydrogens is 306 g/mol. The Morgan fingerprint density at radius 2 is 2.00 bits per heavy atom. The number of carboxylic acid groups (broad SMARTS) is 1. The number of nitro benzene ring substituents is 1. The topological polar surface area (TPSA) is 130 Å². The van der Waals surface area contributed by atoms with Gasteiger partial charge in [0.25, 0.3) is 11.6 Å². The van der Waals surface area contributed by atoms with Crippen LogP contribution in [-0.4, -0.2) is 52.9 Å². The molecule has 0 aliphatic heterocycles. The van der Waals surface area contributed by atoms with Gasteiger partial charge in [-0.15, -0.1) is 0 Å². The highest BCUT2D eigenvalue weighted by atomic mass is 16.6. The molecule has 0 atom stereocenters. The molecule has 9 nitrogen and oxygen atoms in total. The number of benzene rings is 1. The second-order valence-electron chi connectivity index (χ2n) is 4.90. The van der Waals surface area contributed by atoms with Crippen molar-refractivity contribution in [1.82, 2.24) is 10.2 Å². The van der Waals surface area contributed by atoms with Crippen molar-refractivity contribution in [1.29, 1.82) is 0 Å². The minimum Gasteiger partial charge on any atom is -0.481 e. The fourth-order valence-electron chi connectivity index (χ4n) is 1.78. The van der Waals surface area contributed by atoms with Crippen molar-refractivity contribution in [3.05, 3.63) is 39.4 Å². The van der Waals surface area contributed by atoms with Gasteiger partial charge >= 0.3 is 5.97 Å². The van der Waals surface area contributed by atoms with Gasteiger partial charge in [0.1, 0.15) is 0 Å². The maximum Gasteiger partial charge on any atom is 0.305 e. The van der Waals surface area contributed by atoms with Gasteiger partial charge in [0.2, 0.25) is 5.91 Å². The molecule has 0 aromatic heterocycles. The quantitative estimate of drug-likeness (QED) is 0.557. The number of carboxylic acids is 1. The van der Waals surface area contributed by atoms with E-state index in [1.54, 1.807) is 0 Å². The predicted octanol–water partition coefficient (Wildman–Crippen LogP) is 0.566. The summed E-state index contributed by atoms with van der Waals surface area (Å²) in [6.07, 6.45) is -0.183. The SMILES string of the molecule is Cc1cc(C(=O)NCC(=O)N(C)CCC(=O)O)ccc1[N+](=O)[O-]. The minimum atomic E-state index is -1.02. The van der Waals surface area contributed by atoms with Gasteiger partial charge in [-0.1, -0.05) is 0 Å². The van der Waals surface area contributed by atoms with Crippen LogP contribution in [0.5, 0.6) is 0 Å². The Balaban J connectivity index is 2.60. The van der Waals surface area contributed by atoms with E-state index in [4.69, 9.17) is 5.11 Å². The maximum absolute atomic E-state index is 11.9. The van der Waals surface area contributed by atoms with E-state index in [0.29, 0.717) is 5.56 Å². The molecule has 2 N–H and O–H groups in total. The van der Waals surface area contributed by atoms with Crippen LogP contribution >= 0.6 is 0 Å². The highest BCUT2D eigenvalue weighted by Crippen LogP contribution is 2.18. The van der Waals surface area contributed by atoms with Gasteiger partial charge in [-0.25, -0.2) is 0 Å². The van der Waals surface area contributed by atoms with E-state index in [1.165, 1.54) is 37.1 Å². The molecule has 1 aromatic carbocycles. The maximum atomic E-state index is 11.9. The lowest BCUT2D eigenvalue weighted by atomic mass is 10.1. The minimum absolute atomic E-state index is 0.0423. The molecule has 0 saturated heterocycles. The van der Waals surface area contributed by atoms with Crippen molar-refractivity contribution >= 4 is 23.5 Å². The number of nitro groups is 1. The molecular formula is C14H17N3O6. The fraction of sp³-hybridized carbons (Fsp3) is 0.357. The predicted molar refractivity (Wildman–Crippen MR) is 80.1 cm³/mol. The first-order valence-electron chi connectivity index (χ1n) is 6.71. The fourth-order valence-corrected chi connectivity index (χ4v) is 1.78. The number of aryl methyl sites for hydroxylation is 1. The number of hydrogen-bond donors (Lipinski definition) is 2. The molecule has 124 valence electrons. The number of nitrogens with one attached hydrogen (secondary N) is 1. The Morgan fingerprint density at radius 1 is 1.35 bits per heavy atom. The van der Waals surface area contributed by atoms with E-state index in [0.717, 1.165) is 0 Å². The monoisotopic (exact) mass is 323 g/mol. The molecule has 1 aromatic rings. The molecule has 0 aliphatic rings. The van der Waals surface area contributed by atoms with E-state index in [9.17, 15) is 24.5 Å². The molecule has 1 rings (SSSR count). The first kappa shape index (κ1) is 18.1. The molecule has 0 radical (unpaired) electrons. The molecule has 0 fully saturated rings. The average Bonchev–Trinajstić information content (AvgIpc) is 2.49. The van der Waals surface area contributed by atoms with Crippen LogP contribution in [0.1, 0.15) is 22.3 Å². The summed E-state index contributed by atoms with van der Waals surface area (Å²) >= 11 is 0. The number of likely N-dealkylation sites (N-methyl/N-ethyl adjacent to an activating group) is 1. The van der Waals surface area contributed by atoms with Crippen molar-refractivity contribution in [3.8, 4) is 0 Å². The third kappa shape index (κ3) is 5.38. The molecule has 9 heteroatoms. The van der Waals surface area contributed by atoms with Crippen LogP contribution in [0.15, 0.2) is 18.2 Å². The van der Waals surface area contributed by atoms with Crippen molar-refractivity contribution in [2.45, 2.75) is 13.3 Å². The molecule has 0 saturated carbocycles. The Morgan fingerprint density at radius 3 is 2.52 bits per heavy atom. The van der Waals surface area contributed by atoms with Crippen molar-refractivity contribution in [2.75, 3.05) is 20.1 Å². The number of rotatable bonds is 7. The Bertz CT molecular complexity index is 643. The second kappa shape index (κ2) is 7.87. The highest BCUT2D eigenvalue weighted by molar-refractivity contribution is 5.96. The van der Waals surface area contributed by atoms with Crippen molar-refractivity contribution in [3.63, 3.8) is 0 Å². The van der Waals surface area contributed by atoms with Crippen LogP contribution in [0.2, 0.25) is 0 Å². The molecule has 0 bridgehead atoms. The van der Waals surface area contributed by atoms with E-state index in [1.807, 2.05) is 0 Å². The number of carbonyl (C=O) groups is 3. The molecule has 23 heavy (non-hydrogen) atoms. The highest BCUT2D eigenvalue weighted by Gasteiger charge is 2.15. The summed E-state index contributed by atoms with van der Waals surface area (Å²) in [5, 5.41) is 21.7. The lowest BCUT2D eigenvalue weighted by Crippen LogP contribution is -2.39. The van der Waals surface area contributed by atoms with Crippen molar-refractivity contribution in [2.24, 2.45) is 0 Å². The number of carbonyl (C=O) groups excluding carboxylic acids is 2. The zero-order chi connectivity index (χ0) is 17.6. The van der Waals surface area contributed by atoms with Gasteiger partial charge in [-0.05, 0) is 19.1 Å². The third-order valence-electron chi connectivity index (χ3n) is 3.14. The van der Waals surface area contributed by atoms with Gasteiger partial charge in [-0.2, -0.15) is 0 Å². The summed E-state index contributed by atoms with van der Waals surface area (Å²) in [4.78, 5) is 45.5. The van der Waals surface area contributed by atoms with Crippen molar-refractivity contribution < 1.29 is 24.4 Å². The molecule has 0 unspecified atom stereocenters. The van der Waals surface area contributed by atoms with Crippen LogP contribution < -0.4 is 5.32 Å². The summed E-state index contributed by atoms with van der Waals surface area (Å²) in [6, 6.07) is 3.90. The van der Waals surface area contributed by atoms with Gasteiger partial charge < -0.3 is 15.3 Å². The molecule has 0 heterocycles. The normalized spacial score (nSPS) is 10.0. The summed E-state index contributed by atoms with van der Waals surface area (Å²) < 4.78 is 0. The largest absolute Gasteiger partial charge is 0.481 e. The first-order valence-corrected chi connectivity index (χ1v) is 6.71. The Labute approximate surface area is 132 Å². The lowest BCUT2D eigenvalue weighted by molar-refractivity contribution is -0.385. The lowest BCUT2D eigenvalue weighted by Gasteiger charge is -2.16. The number of nitrogens with zero attached hydrogens (tertiary/aromatic N) is 2. The molecule has 0 aliphatic carbocycles. The molecule has 2 amide bonds. The number of aliphatic carboxylic acids is 1. The zero-order valence-electron chi connectivity index (χ0n) is 12.7. The van der Waals surface area contributed by atoms with Gasteiger partial charge in [-0.3, -0.25) is 24.5 Å². The number of hydrogen-bond acceptors (Lipinski definition) is 5. The Hall–Kier alpha value is -2.97. The summed E-state index contributed by atoms with van der Waals surface area (Å²) in [5.41, 5.74) is 0.452. The Kier molecular flexibility index (Phi) is 6.19. The molecule has 0 spiro atoms. The summed E-state index contributed by atoms with van der Waals surface area (Å²) in [6.45, 7) is 1.27. The smallest absolute Gasteiger partial charge is 0.305 e. The number of amides is 2. The average molecular weight is 323 g/mol. The van der Waals surface area contributed by atoms with Crippen LogP contribution in [0.25, 0.3) is 0 Å². The second-order valence-corrected chi connectivity index (χ2v) is 4.90. The van der Waals surface area contributed by atoms with Crippen LogP contribution in [0.3, 0.4) is 0 Å². The van der Waals surface area contributed by atoms with Gasteiger partial charge in [0.15, 0.2) is 0 Å². The van der Waals surface area contributed by atoms with Gasteiger partial charge in [0, 0.05) is 30.8 Å². The summed E-state index contributed by atoms with van der Waals surface area (Å²) in [5.74, 6) is -1.99. The zero-order valence-corrected chi connectivity index (χ0v) is 12.7. The standard InChI is InChI=1S/C14H17N3O6/c1-9-7-10(3-4-11(9)17(22)23)14(21)15-8-12(18)16(2)6-5-13(19)20/h3-4,7H,5-6,8H2,1-2H3,(H,15,21)(H,19,20). The van der Waals surface area contributed by atoms with E-state index in [-0.39, 0.29) is 30.8 Å². The van der Waals surface area contributed by atoms with E-state index in [2.05, 4.69) is 5.32 Å².